The average molecular weight is 404 g/mol. The smallest absolute Gasteiger partial charge is 0.132 e. The molecular weight excluding hydrogens is 382 g/mol. The van der Waals surface area contributed by atoms with Gasteiger partial charge in [0.25, 0.3) is 0 Å². The van der Waals surface area contributed by atoms with Crippen LogP contribution in [0.5, 0.6) is 5.75 Å². The molecule has 1 unspecified atom stereocenters. The minimum Gasteiger partial charge on any atom is -0.508 e. The highest BCUT2D eigenvalue weighted by molar-refractivity contribution is 7.15. The van der Waals surface area contributed by atoms with Crippen molar-refractivity contribution in [2.75, 3.05) is 5.32 Å². The first kappa shape index (κ1) is 19.0. The number of phenolic OH excluding ortho intramolecular Hbond substituents is 1. The average Bonchev–Trinajstić information content (AvgIpc) is 3.20. The van der Waals surface area contributed by atoms with Crippen molar-refractivity contribution in [1.29, 1.82) is 0 Å². The third-order valence-corrected chi connectivity index (χ3v) is 5.56. The fourth-order valence-electron chi connectivity index (χ4n) is 2.93. The first-order valence-corrected chi connectivity index (χ1v) is 10.0. The number of rotatable bonds is 6. The van der Waals surface area contributed by atoms with Gasteiger partial charge >= 0.3 is 0 Å². The number of nitrogens with two attached hydrogens (primary N) is 1. The summed E-state index contributed by atoms with van der Waals surface area (Å²) in [6.07, 6.45) is 4.24. The summed E-state index contributed by atoms with van der Waals surface area (Å²) in [6.45, 7) is 2.02. The van der Waals surface area contributed by atoms with Gasteiger partial charge in [0.1, 0.15) is 22.4 Å². The Hall–Kier alpha value is -3.29. The number of thiazole rings is 1. The summed E-state index contributed by atoms with van der Waals surface area (Å²) in [7, 11) is 0. The van der Waals surface area contributed by atoms with Crippen LogP contribution >= 0.6 is 11.3 Å². The number of phenols is 1. The van der Waals surface area contributed by atoms with E-state index in [0.717, 1.165) is 38.3 Å². The van der Waals surface area contributed by atoms with Gasteiger partial charge in [-0.15, -0.1) is 11.3 Å². The molecule has 0 aliphatic heterocycles. The third kappa shape index (κ3) is 4.77. The topological polar surface area (TPSA) is 97.0 Å². The van der Waals surface area contributed by atoms with Crippen molar-refractivity contribution in [2.45, 2.75) is 19.4 Å². The Morgan fingerprint density at radius 2 is 1.90 bits per heavy atom. The van der Waals surface area contributed by atoms with Gasteiger partial charge in [-0.25, -0.2) is 15.0 Å². The molecular formula is C22H21N5OS. The molecule has 0 aliphatic rings. The van der Waals surface area contributed by atoms with E-state index >= 15 is 0 Å². The van der Waals surface area contributed by atoms with E-state index in [1.54, 1.807) is 29.7 Å². The number of nitrogens with one attached hydrogen (secondary N) is 1. The summed E-state index contributed by atoms with van der Waals surface area (Å²) in [5.74, 6) is 1.73. The Bertz CT molecular complexity index is 1110. The molecule has 1 aromatic carbocycles. The molecule has 0 saturated heterocycles. The van der Waals surface area contributed by atoms with Crippen LogP contribution in [0.25, 0.3) is 10.6 Å². The van der Waals surface area contributed by atoms with Crippen LogP contribution in [0.3, 0.4) is 0 Å². The van der Waals surface area contributed by atoms with Crippen molar-refractivity contribution < 1.29 is 5.11 Å². The van der Waals surface area contributed by atoms with Crippen molar-refractivity contribution in [3.8, 4) is 16.3 Å². The van der Waals surface area contributed by atoms with Gasteiger partial charge in [-0.2, -0.15) is 0 Å². The van der Waals surface area contributed by atoms with Crippen molar-refractivity contribution in [3.63, 3.8) is 0 Å². The molecule has 0 spiro atoms. The summed E-state index contributed by atoms with van der Waals surface area (Å²) >= 11 is 1.54. The highest BCUT2D eigenvalue weighted by Gasteiger charge is 2.14. The van der Waals surface area contributed by atoms with Crippen molar-refractivity contribution in [2.24, 2.45) is 5.73 Å². The standard InChI is InChI=1S/C22H21N5OS/c1-14-9-10-24-21(11-14)27-20-4-2-3-18(26-20)19-13-25-22(29-19)17(23)12-15-5-7-16(28)8-6-15/h2-11,13,17,28H,12,23H2,1H3,(H,24,26,27). The first-order chi connectivity index (χ1) is 14.1. The minimum absolute atomic E-state index is 0.212. The molecule has 0 radical (unpaired) electrons. The Morgan fingerprint density at radius 1 is 1.07 bits per heavy atom. The van der Waals surface area contributed by atoms with Gasteiger partial charge in [-0.3, -0.25) is 0 Å². The van der Waals surface area contributed by atoms with E-state index in [0.29, 0.717) is 6.42 Å². The van der Waals surface area contributed by atoms with Crippen LogP contribution < -0.4 is 11.1 Å². The minimum atomic E-state index is -0.212. The fourth-order valence-corrected chi connectivity index (χ4v) is 3.82. The van der Waals surface area contributed by atoms with E-state index in [9.17, 15) is 5.11 Å². The molecule has 3 heterocycles. The Kier molecular flexibility index (Phi) is 5.50. The summed E-state index contributed by atoms with van der Waals surface area (Å²) in [4.78, 5) is 14.5. The number of hydrogen-bond donors (Lipinski definition) is 3. The second-order valence-electron chi connectivity index (χ2n) is 6.79. The second kappa shape index (κ2) is 8.38. The lowest BCUT2D eigenvalue weighted by Gasteiger charge is -2.08. The molecule has 3 aromatic heterocycles. The first-order valence-electron chi connectivity index (χ1n) is 9.23. The molecule has 0 saturated carbocycles. The van der Waals surface area contributed by atoms with E-state index in [-0.39, 0.29) is 11.8 Å². The normalized spacial score (nSPS) is 11.9. The van der Waals surface area contributed by atoms with Gasteiger partial charge in [0.15, 0.2) is 0 Å². The number of pyridine rings is 2. The molecule has 6 nitrogen and oxygen atoms in total. The van der Waals surface area contributed by atoms with Crippen molar-refractivity contribution >= 4 is 23.0 Å². The van der Waals surface area contributed by atoms with Crippen LogP contribution in [0.15, 0.2) is 67.0 Å². The van der Waals surface area contributed by atoms with Gasteiger partial charge in [-0.05, 0) is 60.9 Å². The maximum absolute atomic E-state index is 9.41. The Balaban J connectivity index is 1.49. The molecule has 4 N–H and O–H groups in total. The zero-order chi connectivity index (χ0) is 20.2. The summed E-state index contributed by atoms with van der Waals surface area (Å²) in [5, 5.41) is 13.5. The molecule has 0 bridgehead atoms. The maximum Gasteiger partial charge on any atom is 0.132 e. The van der Waals surface area contributed by atoms with Gasteiger partial charge in [0.05, 0.1) is 16.6 Å². The zero-order valence-corrected chi connectivity index (χ0v) is 16.7. The van der Waals surface area contributed by atoms with Crippen LogP contribution in [-0.2, 0) is 6.42 Å². The summed E-state index contributed by atoms with van der Waals surface area (Å²) in [6, 6.07) is 16.6. The van der Waals surface area contributed by atoms with Crippen LogP contribution in [0, 0.1) is 6.92 Å². The van der Waals surface area contributed by atoms with Crippen LogP contribution in [0.1, 0.15) is 22.2 Å². The van der Waals surface area contributed by atoms with Crippen molar-refractivity contribution in [1.82, 2.24) is 15.0 Å². The molecule has 29 heavy (non-hydrogen) atoms. The number of aromatic hydroxyl groups is 1. The monoisotopic (exact) mass is 403 g/mol. The molecule has 1 atom stereocenters. The molecule has 0 fully saturated rings. The summed E-state index contributed by atoms with van der Waals surface area (Å²) in [5.41, 5.74) is 9.37. The van der Waals surface area contributed by atoms with Crippen LogP contribution in [-0.4, -0.2) is 20.1 Å². The highest BCUT2D eigenvalue weighted by Crippen LogP contribution is 2.29. The number of aromatic nitrogens is 3. The SMILES string of the molecule is Cc1ccnc(Nc2cccc(-c3cnc(C(N)Cc4ccc(O)cc4)s3)n2)c1. The van der Waals surface area contributed by atoms with Gasteiger partial charge < -0.3 is 16.2 Å². The van der Waals surface area contributed by atoms with E-state index < -0.39 is 0 Å². The van der Waals surface area contributed by atoms with Crippen LogP contribution in [0.4, 0.5) is 11.6 Å². The molecule has 146 valence electrons. The largest absolute Gasteiger partial charge is 0.508 e. The number of aryl methyl sites for hydroxylation is 1. The lowest BCUT2D eigenvalue weighted by Crippen LogP contribution is -2.12. The van der Waals surface area contributed by atoms with Crippen LogP contribution in [0.2, 0.25) is 0 Å². The van der Waals surface area contributed by atoms with E-state index in [4.69, 9.17) is 5.73 Å². The fraction of sp³-hybridized carbons (Fsp3) is 0.136. The molecule has 4 aromatic rings. The third-order valence-electron chi connectivity index (χ3n) is 4.41. The number of nitrogens with zero attached hydrogens (tertiary/aromatic N) is 3. The lowest BCUT2D eigenvalue weighted by molar-refractivity contribution is 0.475. The predicted octanol–water partition coefficient (Wildman–Crippen LogP) is 4.60. The Labute approximate surface area is 173 Å². The maximum atomic E-state index is 9.41. The van der Waals surface area contributed by atoms with E-state index in [2.05, 4.69) is 20.3 Å². The number of benzene rings is 1. The number of anilines is 2. The van der Waals surface area contributed by atoms with Gasteiger partial charge in [0.2, 0.25) is 0 Å². The molecule has 4 rings (SSSR count). The molecule has 0 aliphatic carbocycles. The Morgan fingerprint density at radius 3 is 2.69 bits per heavy atom. The van der Waals surface area contributed by atoms with E-state index in [1.807, 2.05) is 55.6 Å². The van der Waals surface area contributed by atoms with Gasteiger partial charge in [0, 0.05) is 12.4 Å². The zero-order valence-electron chi connectivity index (χ0n) is 15.9. The number of hydrogen-bond acceptors (Lipinski definition) is 7. The van der Waals surface area contributed by atoms with E-state index in [1.165, 1.54) is 0 Å². The highest BCUT2D eigenvalue weighted by atomic mass is 32.1. The predicted molar refractivity (Wildman–Crippen MR) is 116 cm³/mol. The summed E-state index contributed by atoms with van der Waals surface area (Å²) < 4.78 is 0. The van der Waals surface area contributed by atoms with Crippen molar-refractivity contribution in [3.05, 3.63) is 83.1 Å². The molecule has 7 heteroatoms. The van der Waals surface area contributed by atoms with Gasteiger partial charge in [-0.1, -0.05) is 18.2 Å². The second-order valence-corrected chi connectivity index (χ2v) is 7.85. The molecule has 0 amide bonds. The quantitative estimate of drug-likeness (QED) is 0.435. The lowest BCUT2D eigenvalue weighted by atomic mass is 10.1.